The van der Waals surface area contributed by atoms with Crippen LogP contribution in [0.1, 0.15) is 27.5 Å². The second-order valence-corrected chi connectivity index (χ2v) is 6.61. The van der Waals surface area contributed by atoms with Gasteiger partial charge in [-0.3, -0.25) is 10.1 Å². The molecule has 0 aromatic heterocycles. The Morgan fingerprint density at radius 1 is 1.04 bits per heavy atom. The van der Waals surface area contributed by atoms with Crippen LogP contribution in [-0.4, -0.2) is 11.9 Å². The molecular formula is C18H20N2O2S. The van der Waals surface area contributed by atoms with Crippen molar-refractivity contribution in [2.24, 2.45) is 5.73 Å². The Morgan fingerprint density at radius 3 is 2.13 bits per heavy atom. The van der Waals surface area contributed by atoms with Crippen molar-refractivity contribution in [3.8, 4) is 0 Å². The van der Waals surface area contributed by atoms with E-state index in [1.165, 1.54) is 17.3 Å². The van der Waals surface area contributed by atoms with E-state index in [4.69, 9.17) is 5.73 Å². The number of thioether (sulfide) groups is 1. The minimum absolute atomic E-state index is 0.409. The molecule has 2 aromatic carbocycles. The van der Waals surface area contributed by atoms with Crippen molar-refractivity contribution in [2.45, 2.75) is 30.9 Å². The van der Waals surface area contributed by atoms with Gasteiger partial charge in [-0.15, -0.1) is 11.8 Å². The zero-order chi connectivity index (χ0) is 17.0. The summed E-state index contributed by atoms with van der Waals surface area (Å²) in [5.74, 6) is -0.409. The van der Waals surface area contributed by atoms with Crippen molar-refractivity contribution in [3.63, 3.8) is 0 Å². The molecule has 2 aromatic rings. The Kier molecular flexibility index (Phi) is 5.45. The molecule has 0 saturated carbocycles. The summed E-state index contributed by atoms with van der Waals surface area (Å²) in [7, 11) is 0. The van der Waals surface area contributed by atoms with Gasteiger partial charge in [0.1, 0.15) is 5.25 Å². The first-order valence-electron chi connectivity index (χ1n) is 7.28. The van der Waals surface area contributed by atoms with Crippen molar-refractivity contribution < 1.29 is 9.59 Å². The van der Waals surface area contributed by atoms with E-state index in [1.54, 1.807) is 0 Å². The zero-order valence-corrected chi connectivity index (χ0v) is 14.2. The van der Waals surface area contributed by atoms with Crippen LogP contribution in [0.5, 0.6) is 0 Å². The lowest BCUT2D eigenvalue weighted by atomic mass is 10.1. The summed E-state index contributed by atoms with van der Waals surface area (Å²) in [5.41, 5.74) is 9.34. The fraction of sp³-hybridized carbons (Fsp3) is 0.222. The molecule has 0 aliphatic rings. The van der Waals surface area contributed by atoms with Crippen molar-refractivity contribution in [3.05, 3.63) is 64.7 Å². The average molecular weight is 328 g/mol. The number of hydrogen-bond acceptors (Lipinski definition) is 3. The van der Waals surface area contributed by atoms with Crippen LogP contribution in [0.4, 0.5) is 4.79 Å². The van der Waals surface area contributed by atoms with Gasteiger partial charge in [0.15, 0.2) is 0 Å². The van der Waals surface area contributed by atoms with Crippen molar-refractivity contribution in [1.82, 2.24) is 5.32 Å². The minimum atomic E-state index is -0.839. The summed E-state index contributed by atoms with van der Waals surface area (Å²) in [4.78, 5) is 24.5. The molecule has 0 fully saturated rings. The van der Waals surface area contributed by atoms with E-state index in [1.807, 2.05) is 51.1 Å². The van der Waals surface area contributed by atoms with Gasteiger partial charge in [-0.1, -0.05) is 48.0 Å². The second-order valence-electron chi connectivity index (χ2n) is 5.49. The molecule has 0 unspecified atom stereocenters. The van der Waals surface area contributed by atoms with Gasteiger partial charge in [0, 0.05) is 4.90 Å². The number of amides is 3. The number of nitrogens with one attached hydrogen (secondary N) is 1. The highest BCUT2D eigenvalue weighted by atomic mass is 32.2. The molecular weight excluding hydrogens is 308 g/mol. The third-order valence-corrected chi connectivity index (χ3v) is 5.03. The van der Waals surface area contributed by atoms with E-state index in [-0.39, 0.29) is 0 Å². The van der Waals surface area contributed by atoms with Gasteiger partial charge in [-0.2, -0.15) is 0 Å². The van der Waals surface area contributed by atoms with Gasteiger partial charge in [0.2, 0.25) is 5.91 Å². The SMILES string of the molecule is Cc1cc(C)c(S[C@@H](C(=O)NC(N)=O)c2ccccc2)c(C)c1. The molecule has 0 saturated heterocycles. The normalized spacial score (nSPS) is 11.8. The molecule has 0 radical (unpaired) electrons. The molecule has 3 amide bonds. The Bertz CT molecular complexity index is 706. The van der Waals surface area contributed by atoms with Gasteiger partial charge in [0.05, 0.1) is 0 Å². The molecule has 0 aliphatic carbocycles. The monoisotopic (exact) mass is 328 g/mol. The van der Waals surface area contributed by atoms with E-state index >= 15 is 0 Å². The van der Waals surface area contributed by atoms with Gasteiger partial charge in [-0.25, -0.2) is 4.79 Å². The summed E-state index contributed by atoms with van der Waals surface area (Å²) in [6, 6.07) is 12.7. The van der Waals surface area contributed by atoms with Crippen LogP contribution in [0.25, 0.3) is 0 Å². The number of nitrogens with two attached hydrogens (primary N) is 1. The van der Waals surface area contributed by atoms with Crippen LogP contribution in [-0.2, 0) is 4.79 Å². The molecule has 5 heteroatoms. The number of aryl methyl sites for hydroxylation is 3. The third kappa shape index (κ3) is 4.36. The molecule has 0 spiro atoms. The van der Waals surface area contributed by atoms with Crippen LogP contribution in [0, 0.1) is 20.8 Å². The summed E-state index contributed by atoms with van der Waals surface area (Å²) in [6.07, 6.45) is 0. The first kappa shape index (κ1) is 17.1. The molecule has 23 heavy (non-hydrogen) atoms. The maximum absolute atomic E-state index is 12.4. The van der Waals surface area contributed by atoms with E-state index in [9.17, 15) is 9.59 Å². The third-order valence-electron chi connectivity index (χ3n) is 3.43. The second kappa shape index (κ2) is 7.33. The Morgan fingerprint density at radius 2 is 1.61 bits per heavy atom. The summed E-state index contributed by atoms with van der Waals surface area (Å²) in [5, 5.41) is 1.65. The molecule has 0 aliphatic heterocycles. The molecule has 0 bridgehead atoms. The van der Waals surface area contributed by atoms with Crippen LogP contribution in [0.2, 0.25) is 0 Å². The van der Waals surface area contributed by atoms with E-state index in [0.29, 0.717) is 0 Å². The fourth-order valence-corrected chi connectivity index (χ4v) is 3.74. The number of carbonyl (C=O) groups excluding carboxylic acids is 2. The Labute approximate surface area is 140 Å². The van der Waals surface area contributed by atoms with E-state index in [2.05, 4.69) is 17.4 Å². The Hall–Kier alpha value is -2.27. The molecule has 4 nitrogen and oxygen atoms in total. The summed E-state index contributed by atoms with van der Waals surface area (Å²) in [6.45, 7) is 6.09. The molecule has 1 atom stereocenters. The van der Waals surface area contributed by atoms with Crippen molar-refractivity contribution in [2.75, 3.05) is 0 Å². The van der Waals surface area contributed by atoms with Gasteiger partial charge < -0.3 is 5.73 Å². The highest BCUT2D eigenvalue weighted by Crippen LogP contribution is 2.39. The van der Waals surface area contributed by atoms with Crippen molar-refractivity contribution in [1.29, 1.82) is 0 Å². The molecule has 120 valence electrons. The lowest BCUT2D eigenvalue weighted by molar-refractivity contribution is -0.119. The van der Waals surface area contributed by atoms with Crippen molar-refractivity contribution >= 4 is 23.7 Å². The minimum Gasteiger partial charge on any atom is -0.351 e. The summed E-state index contributed by atoms with van der Waals surface area (Å²) < 4.78 is 0. The number of urea groups is 1. The van der Waals surface area contributed by atoms with Gasteiger partial charge in [-0.05, 0) is 37.5 Å². The largest absolute Gasteiger partial charge is 0.351 e. The highest BCUT2D eigenvalue weighted by molar-refractivity contribution is 8.00. The number of carbonyl (C=O) groups is 2. The fourth-order valence-electron chi connectivity index (χ4n) is 2.56. The number of primary amides is 1. The topological polar surface area (TPSA) is 72.2 Å². The van der Waals surface area contributed by atoms with Gasteiger partial charge in [0.25, 0.3) is 0 Å². The predicted molar refractivity (Wildman–Crippen MR) is 93.4 cm³/mol. The van der Waals surface area contributed by atoms with E-state index < -0.39 is 17.2 Å². The highest BCUT2D eigenvalue weighted by Gasteiger charge is 2.24. The Balaban J connectivity index is 2.39. The lowest BCUT2D eigenvalue weighted by Crippen LogP contribution is -2.37. The zero-order valence-electron chi connectivity index (χ0n) is 13.4. The maximum atomic E-state index is 12.4. The molecule has 0 heterocycles. The van der Waals surface area contributed by atoms with Crippen LogP contribution in [0.15, 0.2) is 47.4 Å². The summed E-state index contributed by atoms with van der Waals surface area (Å²) >= 11 is 1.43. The maximum Gasteiger partial charge on any atom is 0.318 e. The number of imide groups is 1. The van der Waals surface area contributed by atoms with Gasteiger partial charge >= 0.3 is 6.03 Å². The number of rotatable bonds is 4. The number of hydrogen-bond donors (Lipinski definition) is 2. The van der Waals surface area contributed by atoms with E-state index in [0.717, 1.165) is 21.6 Å². The van der Waals surface area contributed by atoms with Crippen LogP contribution < -0.4 is 11.1 Å². The lowest BCUT2D eigenvalue weighted by Gasteiger charge is -2.19. The number of benzene rings is 2. The quantitative estimate of drug-likeness (QED) is 0.842. The standard InChI is InChI=1S/C18H20N2O2S/c1-11-9-12(2)15(13(3)10-11)23-16(17(21)20-18(19)22)14-7-5-4-6-8-14/h4-10,16H,1-3H3,(H3,19,20,21,22)/t16-/m1/s1. The average Bonchev–Trinajstić information content (AvgIpc) is 2.46. The predicted octanol–water partition coefficient (Wildman–Crippen LogP) is 3.64. The smallest absolute Gasteiger partial charge is 0.318 e. The molecule has 2 rings (SSSR count). The molecule has 3 N–H and O–H groups in total. The van der Waals surface area contributed by atoms with Crippen LogP contribution in [0.3, 0.4) is 0 Å². The first-order valence-corrected chi connectivity index (χ1v) is 8.16. The first-order chi connectivity index (χ1) is 10.9. The van der Waals surface area contributed by atoms with Crippen LogP contribution >= 0.6 is 11.8 Å².